The molecule has 4 nitrogen and oxygen atoms in total. The zero-order valence-corrected chi connectivity index (χ0v) is 15.9. The highest BCUT2D eigenvalue weighted by Gasteiger charge is 2.27. The van der Waals surface area contributed by atoms with Crippen LogP contribution < -0.4 is 4.90 Å². The molecular weight excluding hydrogens is 354 g/mol. The predicted octanol–water partition coefficient (Wildman–Crippen LogP) is 3.91. The van der Waals surface area contributed by atoms with Crippen molar-refractivity contribution in [2.75, 3.05) is 13.1 Å². The molecule has 1 saturated heterocycles. The van der Waals surface area contributed by atoms with E-state index in [1.807, 2.05) is 29.5 Å². The number of thiazole rings is 1. The van der Waals surface area contributed by atoms with Crippen LogP contribution in [-0.2, 0) is 6.54 Å². The Morgan fingerprint density at radius 1 is 1.07 bits per heavy atom. The summed E-state index contributed by atoms with van der Waals surface area (Å²) >= 11 is 1.85. The van der Waals surface area contributed by atoms with Gasteiger partial charge in [-0.05, 0) is 25.0 Å². The number of rotatable bonds is 4. The number of likely N-dealkylation sites (tertiary alicyclic amines) is 1. The number of benzene rings is 2. The Hall–Kier alpha value is -2.50. The van der Waals surface area contributed by atoms with E-state index in [2.05, 4.69) is 47.6 Å². The molecule has 5 heteroatoms. The average Bonchev–Trinajstić information content (AvgIpc) is 3.36. The highest BCUT2D eigenvalue weighted by Crippen LogP contribution is 2.30. The number of fused-ring (bicyclic) bond motifs is 1. The molecule has 1 aliphatic heterocycles. The van der Waals surface area contributed by atoms with Crippen LogP contribution in [0.1, 0.15) is 29.5 Å². The summed E-state index contributed by atoms with van der Waals surface area (Å²) in [4.78, 5) is 6.46. The van der Waals surface area contributed by atoms with Crippen LogP contribution in [0, 0.1) is 0 Å². The van der Waals surface area contributed by atoms with Gasteiger partial charge in [-0.15, -0.1) is 11.3 Å². The molecule has 1 unspecified atom stereocenters. The first kappa shape index (κ1) is 16.7. The number of aromatic nitrogens is 2. The summed E-state index contributed by atoms with van der Waals surface area (Å²) in [5, 5.41) is 5.60. The summed E-state index contributed by atoms with van der Waals surface area (Å²) in [5.74, 6) is 1.40. The number of hydrogen-bond donors (Lipinski definition) is 1. The number of quaternary nitrogens is 1. The molecule has 1 N–H and O–H groups in total. The molecule has 0 bridgehead atoms. The van der Waals surface area contributed by atoms with Crippen molar-refractivity contribution < 1.29 is 9.42 Å². The minimum Gasteiger partial charge on any atom is -0.356 e. The molecule has 2 aromatic heterocycles. The normalized spacial score (nSPS) is 20.1. The van der Waals surface area contributed by atoms with Gasteiger partial charge >= 0.3 is 0 Å². The highest BCUT2D eigenvalue weighted by atomic mass is 32.1. The summed E-state index contributed by atoms with van der Waals surface area (Å²) in [6, 6.07) is 20.7. The molecule has 136 valence electrons. The van der Waals surface area contributed by atoms with E-state index in [1.54, 1.807) is 4.90 Å². The average molecular weight is 377 g/mol. The quantitative estimate of drug-likeness (QED) is 0.587. The van der Waals surface area contributed by atoms with Crippen LogP contribution in [0.2, 0.25) is 0 Å². The lowest BCUT2D eigenvalue weighted by atomic mass is 9.98. The van der Waals surface area contributed by atoms with Gasteiger partial charge in [0.05, 0.1) is 29.2 Å². The van der Waals surface area contributed by atoms with Crippen LogP contribution in [0.15, 0.2) is 65.2 Å². The van der Waals surface area contributed by atoms with Gasteiger partial charge in [0.15, 0.2) is 5.76 Å². The third-order valence-corrected chi connectivity index (χ3v) is 6.52. The van der Waals surface area contributed by atoms with Crippen LogP contribution >= 0.6 is 11.3 Å². The zero-order valence-electron chi connectivity index (χ0n) is 15.1. The lowest BCUT2D eigenvalue weighted by Gasteiger charge is -2.28. The molecule has 0 saturated carbocycles. The van der Waals surface area contributed by atoms with Crippen molar-refractivity contribution >= 4 is 21.6 Å². The molecule has 4 aromatic rings. The van der Waals surface area contributed by atoms with E-state index in [9.17, 15) is 0 Å². The van der Waals surface area contributed by atoms with Crippen molar-refractivity contribution in [3.8, 4) is 11.3 Å². The van der Waals surface area contributed by atoms with Gasteiger partial charge in [0.25, 0.3) is 0 Å². The molecule has 0 radical (unpaired) electrons. The van der Waals surface area contributed by atoms with E-state index in [4.69, 9.17) is 9.51 Å². The van der Waals surface area contributed by atoms with E-state index < -0.39 is 0 Å². The Balaban J connectivity index is 1.29. The van der Waals surface area contributed by atoms with Gasteiger partial charge in [-0.1, -0.05) is 47.6 Å². The summed E-state index contributed by atoms with van der Waals surface area (Å²) in [6.45, 7) is 3.22. The number of para-hydroxylation sites is 1. The smallest absolute Gasteiger partial charge is 0.167 e. The summed E-state index contributed by atoms with van der Waals surface area (Å²) in [6.07, 6.45) is 2.47. The second-order valence-electron chi connectivity index (χ2n) is 7.29. The summed E-state index contributed by atoms with van der Waals surface area (Å²) in [7, 11) is 0. The van der Waals surface area contributed by atoms with Crippen molar-refractivity contribution in [2.45, 2.75) is 25.3 Å². The molecule has 5 rings (SSSR count). The van der Waals surface area contributed by atoms with Crippen LogP contribution in [-0.4, -0.2) is 23.2 Å². The molecule has 1 aliphatic rings. The van der Waals surface area contributed by atoms with Gasteiger partial charge in [-0.3, -0.25) is 0 Å². The lowest BCUT2D eigenvalue weighted by molar-refractivity contribution is -0.920. The minimum absolute atomic E-state index is 0.548. The summed E-state index contributed by atoms with van der Waals surface area (Å²) < 4.78 is 6.87. The molecule has 0 aliphatic carbocycles. The molecule has 0 spiro atoms. The first-order valence-electron chi connectivity index (χ1n) is 9.55. The Morgan fingerprint density at radius 3 is 2.81 bits per heavy atom. The predicted molar refractivity (Wildman–Crippen MR) is 108 cm³/mol. The highest BCUT2D eigenvalue weighted by molar-refractivity contribution is 7.18. The van der Waals surface area contributed by atoms with Crippen LogP contribution in [0.25, 0.3) is 21.5 Å². The summed E-state index contributed by atoms with van der Waals surface area (Å²) in [5.41, 5.74) is 3.25. The third kappa shape index (κ3) is 3.53. The standard InChI is InChI=1S/C22H21N3OS/c1-2-7-16(8-3-1)20-13-18(24-26-20)15-25-12-6-9-17(14-25)22-23-19-10-4-5-11-21(19)27-22/h1-5,7-8,10-11,13,17H,6,9,12,14-15H2/p+1/t17-/m1/s1. The number of nitrogens with one attached hydrogen (secondary N) is 1. The molecule has 2 atom stereocenters. The van der Waals surface area contributed by atoms with Crippen molar-refractivity contribution in [1.82, 2.24) is 10.1 Å². The van der Waals surface area contributed by atoms with Crippen molar-refractivity contribution in [1.29, 1.82) is 0 Å². The first-order chi connectivity index (χ1) is 13.3. The SMILES string of the molecule is c1ccc(-c2cc(C[NH+]3CCC[C@@H](c4nc5ccccc5s4)C3)no2)cc1. The van der Waals surface area contributed by atoms with Crippen molar-refractivity contribution in [2.24, 2.45) is 0 Å². The molecule has 0 amide bonds. The Bertz CT molecular complexity index is 1010. The van der Waals surface area contributed by atoms with Gasteiger partial charge in [-0.2, -0.15) is 0 Å². The van der Waals surface area contributed by atoms with Crippen molar-refractivity contribution in [3.05, 3.63) is 71.4 Å². The molecule has 27 heavy (non-hydrogen) atoms. The third-order valence-electron chi connectivity index (χ3n) is 5.33. The lowest BCUT2D eigenvalue weighted by Crippen LogP contribution is -3.12. The molecular formula is C22H22N3OS+. The number of nitrogens with zero attached hydrogens (tertiary/aromatic N) is 2. The maximum Gasteiger partial charge on any atom is 0.167 e. The topological polar surface area (TPSA) is 43.4 Å². The van der Waals surface area contributed by atoms with Crippen LogP contribution in [0.5, 0.6) is 0 Å². The van der Waals surface area contributed by atoms with Gasteiger partial charge in [0.2, 0.25) is 0 Å². The van der Waals surface area contributed by atoms with Gasteiger partial charge in [-0.25, -0.2) is 4.98 Å². The first-order valence-corrected chi connectivity index (χ1v) is 10.4. The maximum atomic E-state index is 5.57. The van der Waals surface area contributed by atoms with Gasteiger partial charge in [0.1, 0.15) is 17.2 Å². The number of hydrogen-bond acceptors (Lipinski definition) is 4. The van der Waals surface area contributed by atoms with E-state index in [0.717, 1.165) is 35.6 Å². The second kappa shape index (κ2) is 7.25. The fraction of sp³-hybridized carbons (Fsp3) is 0.273. The maximum absolute atomic E-state index is 5.57. The fourth-order valence-electron chi connectivity index (χ4n) is 3.98. The van der Waals surface area contributed by atoms with Crippen LogP contribution in [0.3, 0.4) is 0 Å². The Kier molecular flexibility index (Phi) is 4.47. The zero-order chi connectivity index (χ0) is 18.1. The van der Waals surface area contributed by atoms with E-state index in [0.29, 0.717) is 5.92 Å². The minimum atomic E-state index is 0.548. The Labute approximate surface area is 162 Å². The van der Waals surface area contributed by atoms with Crippen LogP contribution in [0.4, 0.5) is 0 Å². The second-order valence-corrected chi connectivity index (χ2v) is 8.35. The molecule has 2 aromatic carbocycles. The largest absolute Gasteiger partial charge is 0.356 e. The molecule has 1 fully saturated rings. The van der Waals surface area contributed by atoms with Crippen molar-refractivity contribution in [3.63, 3.8) is 0 Å². The van der Waals surface area contributed by atoms with Gasteiger partial charge in [0, 0.05) is 11.6 Å². The molecule has 3 heterocycles. The van der Waals surface area contributed by atoms with E-state index in [-0.39, 0.29) is 0 Å². The fourth-order valence-corrected chi connectivity index (χ4v) is 5.08. The van der Waals surface area contributed by atoms with E-state index in [1.165, 1.54) is 29.1 Å². The van der Waals surface area contributed by atoms with E-state index >= 15 is 0 Å². The Morgan fingerprint density at radius 2 is 1.93 bits per heavy atom. The van der Waals surface area contributed by atoms with Gasteiger partial charge < -0.3 is 9.42 Å². The monoisotopic (exact) mass is 376 g/mol. The number of piperidine rings is 1.